The molecule has 3 aromatic rings. The lowest BCUT2D eigenvalue weighted by Crippen LogP contribution is -2.09. The average molecular weight is 341 g/mol. The molecule has 4 heteroatoms. The molecule has 3 rings (SSSR count). The SMILES string of the molecule is CC.CC.Cc1ccccc1-c1c(C)nc2ncnn2c1CC(C)C. The van der Waals surface area contributed by atoms with Crippen LogP contribution < -0.4 is 0 Å². The Labute approximate surface area is 152 Å². The topological polar surface area (TPSA) is 43.1 Å². The highest BCUT2D eigenvalue weighted by atomic mass is 15.3. The van der Waals surface area contributed by atoms with Crippen molar-refractivity contribution in [2.75, 3.05) is 0 Å². The summed E-state index contributed by atoms with van der Waals surface area (Å²) in [6.45, 7) is 16.6. The lowest BCUT2D eigenvalue weighted by Gasteiger charge is -2.16. The number of rotatable bonds is 3. The van der Waals surface area contributed by atoms with Gasteiger partial charge in [0.15, 0.2) is 0 Å². The molecule has 0 amide bonds. The van der Waals surface area contributed by atoms with Gasteiger partial charge in [-0.25, -0.2) is 9.50 Å². The van der Waals surface area contributed by atoms with Crippen molar-refractivity contribution >= 4 is 5.78 Å². The van der Waals surface area contributed by atoms with Gasteiger partial charge in [0.1, 0.15) is 6.33 Å². The molecule has 0 saturated carbocycles. The number of aromatic nitrogens is 4. The molecule has 0 aliphatic rings. The summed E-state index contributed by atoms with van der Waals surface area (Å²) in [5.41, 5.74) is 5.89. The van der Waals surface area contributed by atoms with Crippen molar-refractivity contribution in [3.8, 4) is 11.1 Å². The molecule has 0 atom stereocenters. The first-order valence-corrected chi connectivity index (χ1v) is 9.33. The van der Waals surface area contributed by atoms with Gasteiger partial charge in [0.2, 0.25) is 0 Å². The van der Waals surface area contributed by atoms with Crippen LogP contribution in [0, 0.1) is 19.8 Å². The van der Waals surface area contributed by atoms with Gasteiger partial charge in [-0.15, -0.1) is 0 Å². The lowest BCUT2D eigenvalue weighted by atomic mass is 9.94. The second-order valence-corrected chi connectivity index (χ2v) is 5.90. The molecular weight excluding hydrogens is 308 g/mol. The minimum Gasteiger partial charge on any atom is -0.216 e. The highest BCUT2D eigenvalue weighted by Crippen LogP contribution is 2.30. The molecular formula is C21H32N4. The van der Waals surface area contributed by atoms with Crippen molar-refractivity contribution in [2.45, 2.75) is 61.8 Å². The molecule has 2 heterocycles. The van der Waals surface area contributed by atoms with Crippen LogP contribution in [0.15, 0.2) is 30.6 Å². The first-order valence-electron chi connectivity index (χ1n) is 9.33. The van der Waals surface area contributed by atoms with Gasteiger partial charge in [-0.1, -0.05) is 65.8 Å². The minimum absolute atomic E-state index is 0.543. The quantitative estimate of drug-likeness (QED) is 0.618. The van der Waals surface area contributed by atoms with Crippen LogP contribution in [0.25, 0.3) is 16.9 Å². The zero-order valence-electron chi connectivity index (χ0n) is 17.0. The predicted molar refractivity (Wildman–Crippen MR) is 107 cm³/mol. The predicted octanol–water partition coefficient (Wildman–Crippen LogP) is 5.66. The Hall–Kier alpha value is -2.23. The van der Waals surface area contributed by atoms with Gasteiger partial charge in [0.05, 0.1) is 11.4 Å². The second kappa shape index (κ2) is 9.92. The summed E-state index contributed by atoms with van der Waals surface area (Å²) in [6, 6.07) is 8.44. The van der Waals surface area contributed by atoms with E-state index in [9.17, 15) is 0 Å². The maximum absolute atomic E-state index is 4.61. The minimum atomic E-state index is 0.543. The molecule has 0 saturated heterocycles. The van der Waals surface area contributed by atoms with Crippen LogP contribution in [-0.4, -0.2) is 19.6 Å². The van der Waals surface area contributed by atoms with E-state index in [1.165, 1.54) is 22.4 Å². The molecule has 0 fully saturated rings. The van der Waals surface area contributed by atoms with E-state index < -0.39 is 0 Å². The molecule has 0 aliphatic carbocycles. The van der Waals surface area contributed by atoms with Crippen LogP contribution in [0.3, 0.4) is 0 Å². The van der Waals surface area contributed by atoms with Crippen LogP contribution in [0.5, 0.6) is 0 Å². The standard InChI is InChI=1S/C17H20N4.2C2H6/c1-11(2)9-15-16(14-8-6-5-7-12(14)3)13(4)20-17-18-10-19-21(15)17;2*1-2/h5-8,10-11H,9H2,1-4H3;2*1-2H3. The second-order valence-electron chi connectivity index (χ2n) is 5.90. The smallest absolute Gasteiger partial charge is 0.216 e. The molecule has 0 bridgehead atoms. The summed E-state index contributed by atoms with van der Waals surface area (Å²) in [4.78, 5) is 8.86. The fourth-order valence-corrected chi connectivity index (χ4v) is 2.80. The van der Waals surface area contributed by atoms with Gasteiger partial charge in [-0.05, 0) is 37.3 Å². The highest BCUT2D eigenvalue weighted by Gasteiger charge is 2.17. The Balaban J connectivity index is 0.000000730. The maximum atomic E-state index is 4.61. The van der Waals surface area contributed by atoms with E-state index in [1.54, 1.807) is 6.33 Å². The summed E-state index contributed by atoms with van der Waals surface area (Å²) >= 11 is 0. The Morgan fingerprint density at radius 3 is 2.24 bits per heavy atom. The van der Waals surface area contributed by atoms with E-state index in [1.807, 2.05) is 32.2 Å². The van der Waals surface area contributed by atoms with E-state index >= 15 is 0 Å². The maximum Gasteiger partial charge on any atom is 0.252 e. The molecule has 0 N–H and O–H groups in total. The largest absolute Gasteiger partial charge is 0.252 e. The van der Waals surface area contributed by atoms with Crippen molar-refractivity contribution in [3.63, 3.8) is 0 Å². The summed E-state index contributed by atoms with van der Waals surface area (Å²) in [5.74, 6) is 1.22. The first kappa shape index (κ1) is 20.8. The van der Waals surface area contributed by atoms with Crippen molar-refractivity contribution < 1.29 is 0 Å². The van der Waals surface area contributed by atoms with E-state index in [4.69, 9.17) is 0 Å². The summed E-state index contributed by atoms with van der Waals surface area (Å²) in [6.07, 6.45) is 2.53. The Morgan fingerprint density at radius 2 is 1.64 bits per heavy atom. The van der Waals surface area contributed by atoms with E-state index in [-0.39, 0.29) is 0 Å². The van der Waals surface area contributed by atoms with Gasteiger partial charge in [-0.2, -0.15) is 10.1 Å². The van der Waals surface area contributed by atoms with Gasteiger partial charge in [0, 0.05) is 5.56 Å². The van der Waals surface area contributed by atoms with Crippen LogP contribution in [0.4, 0.5) is 0 Å². The van der Waals surface area contributed by atoms with Crippen molar-refractivity contribution in [1.82, 2.24) is 19.6 Å². The van der Waals surface area contributed by atoms with E-state index in [0.717, 1.165) is 12.1 Å². The number of aryl methyl sites for hydroxylation is 2. The molecule has 1 aromatic carbocycles. The van der Waals surface area contributed by atoms with Crippen molar-refractivity contribution in [1.29, 1.82) is 0 Å². The van der Waals surface area contributed by atoms with Crippen LogP contribution in [-0.2, 0) is 6.42 Å². The zero-order chi connectivity index (χ0) is 19.0. The highest BCUT2D eigenvalue weighted by molar-refractivity contribution is 5.72. The third-order valence-electron chi connectivity index (χ3n) is 3.72. The number of hydrogen-bond donors (Lipinski definition) is 0. The van der Waals surface area contributed by atoms with Crippen LogP contribution >= 0.6 is 0 Å². The monoisotopic (exact) mass is 340 g/mol. The molecule has 4 nitrogen and oxygen atoms in total. The zero-order valence-corrected chi connectivity index (χ0v) is 17.0. The fourth-order valence-electron chi connectivity index (χ4n) is 2.80. The summed E-state index contributed by atoms with van der Waals surface area (Å²) < 4.78 is 1.88. The average Bonchev–Trinajstić information content (AvgIpc) is 3.07. The molecule has 0 spiro atoms. The molecule has 0 unspecified atom stereocenters. The number of fused-ring (bicyclic) bond motifs is 1. The molecule has 25 heavy (non-hydrogen) atoms. The van der Waals surface area contributed by atoms with Gasteiger partial charge < -0.3 is 0 Å². The van der Waals surface area contributed by atoms with Crippen LogP contribution in [0.2, 0.25) is 0 Å². The fraction of sp³-hybridized carbons (Fsp3) is 0.476. The first-order chi connectivity index (χ1) is 12.1. The molecule has 0 aliphatic heterocycles. The lowest BCUT2D eigenvalue weighted by molar-refractivity contribution is 0.619. The molecule has 2 aromatic heterocycles. The third-order valence-corrected chi connectivity index (χ3v) is 3.72. The Bertz CT molecular complexity index is 788. The van der Waals surface area contributed by atoms with Gasteiger partial charge >= 0.3 is 0 Å². The normalized spacial score (nSPS) is 10.1. The third kappa shape index (κ3) is 4.65. The van der Waals surface area contributed by atoms with Crippen LogP contribution in [0.1, 0.15) is 58.5 Å². The number of nitrogens with zero attached hydrogens (tertiary/aromatic N) is 4. The summed E-state index contributed by atoms with van der Waals surface area (Å²) in [5, 5.41) is 4.37. The Kier molecular flexibility index (Phi) is 8.26. The van der Waals surface area contributed by atoms with E-state index in [0.29, 0.717) is 11.7 Å². The molecule has 0 radical (unpaired) electrons. The summed E-state index contributed by atoms with van der Waals surface area (Å²) in [7, 11) is 0. The van der Waals surface area contributed by atoms with Crippen molar-refractivity contribution in [3.05, 3.63) is 47.5 Å². The van der Waals surface area contributed by atoms with Gasteiger partial charge in [-0.3, -0.25) is 0 Å². The van der Waals surface area contributed by atoms with E-state index in [2.05, 4.69) is 67.0 Å². The molecule has 136 valence electrons. The van der Waals surface area contributed by atoms with Crippen molar-refractivity contribution in [2.24, 2.45) is 5.92 Å². The number of benzene rings is 1. The van der Waals surface area contributed by atoms with Gasteiger partial charge in [0.25, 0.3) is 5.78 Å². The Morgan fingerprint density at radius 1 is 1.00 bits per heavy atom. The number of hydrogen-bond acceptors (Lipinski definition) is 3.